The van der Waals surface area contributed by atoms with E-state index in [1.54, 1.807) is 23.5 Å². The predicted octanol–water partition coefficient (Wildman–Crippen LogP) is 2.53. The summed E-state index contributed by atoms with van der Waals surface area (Å²) in [5.74, 6) is -0.0606. The largest absolute Gasteiger partial charge is 0.356 e. The smallest absolute Gasteiger partial charge is 0.254 e. The SMILES string of the molecule is Cc1cccc(C(=O)N2Cc3ccnn3C(CC(=O)NCCc3ccncc3)C2)c1. The van der Waals surface area contributed by atoms with E-state index in [1.165, 1.54) is 0 Å². The van der Waals surface area contributed by atoms with Crippen LogP contribution in [-0.2, 0) is 17.8 Å². The van der Waals surface area contributed by atoms with Gasteiger partial charge in [0.15, 0.2) is 0 Å². The predicted molar refractivity (Wildman–Crippen MR) is 113 cm³/mol. The van der Waals surface area contributed by atoms with Crippen LogP contribution in [0.15, 0.2) is 61.1 Å². The van der Waals surface area contributed by atoms with Crippen molar-refractivity contribution >= 4 is 11.8 Å². The molecule has 0 saturated carbocycles. The maximum atomic E-state index is 13.0. The molecule has 0 radical (unpaired) electrons. The Bertz CT molecular complexity index is 1030. The lowest BCUT2D eigenvalue weighted by Gasteiger charge is -2.33. The summed E-state index contributed by atoms with van der Waals surface area (Å²) in [5.41, 5.74) is 3.79. The maximum Gasteiger partial charge on any atom is 0.254 e. The first kappa shape index (κ1) is 19.8. The molecule has 0 saturated heterocycles. The number of amides is 2. The number of hydrogen-bond acceptors (Lipinski definition) is 4. The van der Waals surface area contributed by atoms with Crippen LogP contribution in [0.25, 0.3) is 0 Å². The van der Waals surface area contributed by atoms with Gasteiger partial charge in [0.2, 0.25) is 5.91 Å². The van der Waals surface area contributed by atoms with Crippen molar-refractivity contribution in [3.63, 3.8) is 0 Å². The molecule has 0 aliphatic carbocycles. The van der Waals surface area contributed by atoms with Gasteiger partial charge in [0.1, 0.15) is 0 Å². The van der Waals surface area contributed by atoms with E-state index in [2.05, 4.69) is 15.4 Å². The molecule has 1 aliphatic rings. The summed E-state index contributed by atoms with van der Waals surface area (Å²) in [6.07, 6.45) is 6.26. The van der Waals surface area contributed by atoms with Crippen LogP contribution >= 0.6 is 0 Å². The maximum absolute atomic E-state index is 13.0. The van der Waals surface area contributed by atoms with Crippen molar-refractivity contribution in [2.24, 2.45) is 0 Å². The average Bonchev–Trinajstić information content (AvgIpc) is 3.23. The number of carbonyl (C=O) groups is 2. The lowest BCUT2D eigenvalue weighted by molar-refractivity contribution is -0.122. The Hall–Kier alpha value is -3.48. The molecule has 3 heterocycles. The van der Waals surface area contributed by atoms with Crippen LogP contribution in [0.5, 0.6) is 0 Å². The van der Waals surface area contributed by atoms with Crippen LogP contribution in [0.3, 0.4) is 0 Å². The van der Waals surface area contributed by atoms with Gasteiger partial charge in [-0.1, -0.05) is 17.7 Å². The van der Waals surface area contributed by atoms with E-state index in [0.717, 1.165) is 23.2 Å². The number of fused-ring (bicyclic) bond motifs is 1. The summed E-state index contributed by atoms with van der Waals surface area (Å²) in [7, 11) is 0. The van der Waals surface area contributed by atoms with E-state index in [1.807, 2.05) is 54.1 Å². The minimum absolute atomic E-state index is 0.0192. The molecule has 3 aromatic rings. The Labute approximate surface area is 175 Å². The van der Waals surface area contributed by atoms with Crippen LogP contribution in [0.2, 0.25) is 0 Å². The normalized spacial score (nSPS) is 15.5. The Kier molecular flexibility index (Phi) is 5.88. The molecule has 154 valence electrons. The summed E-state index contributed by atoms with van der Waals surface area (Å²) in [6, 6.07) is 13.2. The van der Waals surface area contributed by atoms with E-state index in [-0.39, 0.29) is 24.3 Å². The fraction of sp³-hybridized carbons (Fsp3) is 0.304. The van der Waals surface area contributed by atoms with Crippen molar-refractivity contribution in [2.45, 2.75) is 32.4 Å². The minimum atomic E-state index is -0.182. The van der Waals surface area contributed by atoms with E-state index in [9.17, 15) is 9.59 Å². The highest BCUT2D eigenvalue weighted by Gasteiger charge is 2.30. The number of pyridine rings is 1. The third-order valence-corrected chi connectivity index (χ3v) is 5.34. The second-order valence-electron chi connectivity index (χ2n) is 7.64. The monoisotopic (exact) mass is 403 g/mol. The van der Waals surface area contributed by atoms with Crippen molar-refractivity contribution in [1.29, 1.82) is 0 Å². The van der Waals surface area contributed by atoms with E-state index < -0.39 is 0 Å². The summed E-state index contributed by atoms with van der Waals surface area (Å²) in [5, 5.41) is 7.37. The molecule has 2 amide bonds. The molecule has 0 bridgehead atoms. The Balaban J connectivity index is 1.40. The number of aromatic nitrogens is 3. The molecule has 0 spiro atoms. The zero-order valence-corrected chi connectivity index (χ0v) is 17.0. The summed E-state index contributed by atoms with van der Waals surface area (Å²) in [4.78, 5) is 31.4. The molecule has 7 heteroatoms. The van der Waals surface area contributed by atoms with Gasteiger partial charge < -0.3 is 10.2 Å². The van der Waals surface area contributed by atoms with Gasteiger partial charge in [0, 0.05) is 37.2 Å². The van der Waals surface area contributed by atoms with Crippen molar-refractivity contribution in [3.05, 3.63) is 83.4 Å². The van der Waals surface area contributed by atoms with Crippen LogP contribution in [-0.4, -0.2) is 44.6 Å². The van der Waals surface area contributed by atoms with Crippen LogP contribution in [0, 0.1) is 6.92 Å². The molecule has 2 aromatic heterocycles. The van der Waals surface area contributed by atoms with Crippen molar-refractivity contribution in [2.75, 3.05) is 13.1 Å². The lowest BCUT2D eigenvalue weighted by atomic mass is 10.1. The van der Waals surface area contributed by atoms with E-state index in [4.69, 9.17) is 0 Å². The fourth-order valence-corrected chi connectivity index (χ4v) is 3.84. The van der Waals surface area contributed by atoms with E-state index >= 15 is 0 Å². The topological polar surface area (TPSA) is 80.1 Å². The molecule has 4 rings (SSSR count). The van der Waals surface area contributed by atoms with Gasteiger partial charge in [-0.2, -0.15) is 5.10 Å². The number of carbonyl (C=O) groups excluding carboxylic acids is 2. The van der Waals surface area contributed by atoms with Gasteiger partial charge in [-0.3, -0.25) is 19.3 Å². The van der Waals surface area contributed by atoms with Crippen molar-refractivity contribution < 1.29 is 9.59 Å². The summed E-state index contributed by atoms with van der Waals surface area (Å²) in [6.45, 7) is 3.49. The highest BCUT2D eigenvalue weighted by atomic mass is 16.2. The van der Waals surface area contributed by atoms with Gasteiger partial charge in [-0.05, 0) is 49.2 Å². The number of aryl methyl sites for hydroxylation is 1. The zero-order valence-electron chi connectivity index (χ0n) is 17.0. The Morgan fingerprint density at radius 2 is 1.97 bits per heavy atom. The number of nitrogens with zero attached hydrogens (tertiary/aromatic N) is 4. The quantitative estimate of drug-likeness (QED) is 0.686. The Morgan fingerprint density at radius 1 is 1.13 bits per heavy atom. The van der Waals surface area contributed by atoms with Crippen LogP contribution in [0.1, 0.15) is 39.6 Å². The highest BCUT2D eigenvalue weighted by Crippen LogP contribution is 2.24. The van der Waals surface area contributed by atoms with Crippen LogP contribution < -0.4 is 5.32 Å². The first-order chi connectivity index (χ1) is 14.6. The molecule has 1 N–H and O–H groups in total. The lowest BCUT2D eigenvalue weighted by Crippen LogP contribution is -2.43. The second kappa shape index (κ2) is 8.90. The van der Waals surface area contributed by atoms with Gasteiger partial charge in [-0.25, -0.2) is 0 Å². The fourth-order valence-electron chi connectivity index (χ4n) is 3.84. The first-order valence-corrected chi connectivity index (χ1v) is 10.1. The number of nitrogens with one attached hydrogen (secondary N) is 1. The number of rotatable bonds is 6. The van der Waals surface area contributed by atoms with Crippen molar-refractivity contribution in [3.8, 4) is 0 Å². The molecule has 1 atom stereocenters. The van der Waals surface area contributed by atoms with Gasteiger partial charge >= 0.3 is 0 Å². The summed E-state index contributed by atoms with van der Waals surface area (Å²) >= 11 is 0. The standard InChI is InChI=1S/C23H25N5O2/c1-17-3-2-4-19(13-17)23(30)27-15-20-8-12-26-28(20)21(16-27)14-22(29)25-11-7-18-5-9-24-10-6-18/h2-6,8-10,12-13,21H,7,11,14-16H2,1H3,(H,25,29). The highest BCUT2D eigenvalue weighted by molar-refractivity contribution is 5.94. The van der Waals surface area contributed by atoms with Gasteiger partial charge in [-0.15, -0.1) is 0 Å². The Morgan fingerprint density at radius 3 is 2.77 bits per heavy atom. The molecule has 1 unspecified atom stereocenters. The number of benzene rings is 1. The molecular weight excluding hydrogens is 378 g/mol. The molecule has 0 fully saturated rings. The third-order valence-electron chi connectivity index (χ3n) is 5.34. The first-order valence-electron chi connectivity index (χ1n) is 10.1. The summed E-state index contributed by atoms with van der Waals surface area (Å²) < 4.78 is 1.88. The number of hydrogen-bond donors (Lipinski definition) is 1. The molecule has 1 aliphatic heterocycles. The van der Waals surface area contributed by atoms with Crippen molar-refractivity contribution in [1.82, 2.24) is 25.0 Å². The minimum Gasteiger partial charge on any atom is -0.356 e. The second-order valence-corrected chi connectivity index (χ2v) is 7.64. The molecule has 30 heavy (non-hydrogen) atoms. The molecular formula is C23H25N5O2. The third kappa shape index (κ3) is 4.56. The van der Waals surface area contributed by atoms with Crippen LogP contribution in [0.4, 0.5) is 0 Å². The zero-order chi connectivity index (χ0) is 20.9. The van der Waals surface area contributed by atoms with E-state index in [0.29, 0.717) is 25.2 Å². The molecule has 7 nitrogen and oxygen atoms in total. The average molecular weight is 403 g/mol. The van der Waals surface area contributed by atoms with Gasteiger partial charge in [0.05, 0.1) is 24.7 Å². The molecule has 1 aromatic carbocycles. The van der Waals surface area contributed by atoms with Gasteiger partial charge in [0.25, 0.3) is 5.91 Å².